The van der Waals surface area contributed by atoms with Crippen LogP contribution in [0, 0.1) is 0 Å². The molecule has 0 saturated carbocycles. The lowest BCUT2D eigenvalue weighted by Gasteiger charge is -2.16. The van der Waals surface area contributed by atoms with Gasteiger partial charge in [-0.05, 0) is 43.7 Å². The van der Waals surface area contributed by atoms with E-state index in [2.05, 4.69) is 25.9 Å². The number of aromatic nitrogens is 2. The number of para-hydroxylation sites is 1. The van der Waals surface area contributed by atoms with Crippen LogP contribution >= 0.6 is 18.7 Å². The van der Waals surface area contributed by atoms with Crippen LogP contribution in [0.4, 0.5) is 33.2 Å². The summed E-state index contributed by atoms with van der Waals surface area (Å²) in [5, 5.41) is 9.50. The fourth-order valence-corrected chi connectivity index (χ4v) is 4.18. The quantitative estimate of drug-likeness (QED) is 0.401. The second kappa shape index (κ2) is 9.97. The van der Waals surface area contributed by atoms with Crippen molar-refractivity contribution >= 4 is 58.8 Å². The van der Waals surface area contributed by atoms with Crippen molar-refractivity contribution in [3.8, 4) is 5.75 Å². The van der Waals surface area contributed by atoms with E-state index in [-0.39, 0.29) is 11.0 Å². The zero-order valence-electron chi connectivity index (χ0n) is 17.6. The number of rotatable bonds is 8. The summed E-state index contributed by atoms with van der Waals surface area (Å²) in [6, 6.07) is 12.0. The van der Waals surface area contributed by atoms with Gasteiger partial charge in [0.15, 0.2) is 12.5 Å². The van der Waals surface area contributed by atoms with Gasteiger partial charge in [0.1, 0.15) is 17.9 Å². The van der Waals surface area contributed by atoms with Gasteiger partial charge in [0.05, 0.1) is 24.7 Å². The van der Waals surface area contributed by atoms with E-state index in [0.29, 0.717) is 33.9 Å². The first kappa shape index (κ1) is 23.5. The van der Waals surface area contributed by atoms with Crippen molar-refractivity contribution in [2.45, 2.75) is 0 Å². The Morgan fingerprint density at radius 1 is 1.16 bits per heavy atom. The number of ether oxygens (including phenoxy) is 1. The largest absolute Gasteiger partial charge is 0.495 e. The number of methoxy groups -OCH3 is 1. The predicted molar refractivity (Wildman–Crippen MR) is 127 cm³/mol. The Kier molecular flexibility index (Phi) is 7.33. The number of nitrogens with one attached hydrogen (secondary N) is 3. The number of hydrogen-bond donors (Lipinski definition) is 3. The molecular weight excluding hydrogens is 456 g/mol. The predicted octanol–water partition coefficient (Wildman–Crippen LogP) is 4.78. The normalized spacial score (nSPS) is 11.0. The molecule has 1 heterocycles. The number of carbonyl (C=O) groups is 1. The van der Waals surface area contributed by atoms with E-state index in [0.717, 1.165) is 0 Å². The summed E-state index contributed by atoms with van der Waals surface area (Å²) in [5.74, 6) is 0.196. The zero-order chi connectivity index (χ0) is 23.3. The Morgan fingerprint density at radius 2 is 1.91 bits per heavy atom. The fraction of sp³-hybridized carbons (Fsp3) is 0.190. The third-order valence-corrected chi connectivity index (χ3v) is 6.16. The smallest absolute Gasteiger partial charge is 0.255 e. The standard InChI is InChI=1S/C21H22ClFN5O3P/c1-31-17-9-8-13(25-19(29)11-23)10-16(17)27-21-24-12-14(22)20(28-21)26-15-6-4-5-7-18(15)32(2,3)30/h4-10,12H,11H2,1-3H3,(H,25,29)(H2,24,26,27,28). The average Bonchev–Trinajstić information content (AvgIpc) is 2.76. The van der Waals surface area contributed by atoms with E-state index in [1.54, 1.807) is 43.7 Å². The summed E-state index contributed by atoms with van der Waals surface area (Å²) in [6.45, 7) is 2.24. The molecule has 1 amide bonds. The van der Waals surface area contributed by atoms with Gasteiger partial charge in [-0.25, -0.2) is 9.37 Å². The third kappa shape index (κ3) is 5.75. The number of hydrogen-bond acceptors (Lipinski definition) is 7. The average molecular weight is 478 g/mol. The van der Waals surface area contributed by atoms with E-state index in [9.17, 15) is 13.8 Å². The van der Waals surface area contributed by atoms with Crippen LogP contribution in [0.2, 0.25) is 5.02 Å². The molecule has 0 radical (unpaired) electrons. The monoisotopic (exact) mass is 477 g/mol. The molecule has 0 aliphatic carbocycles. The van der Waals surface area contributed by atoms with Crippen LogP contribution in [0.5, 0.6) is 5.75 Å². The van der Waals surface area contributed by atoms with Crippen LogP contribution < -0.4 is 26.0 Å². The van der Waals surface area contributed by atoms with Gasteiger partial charge < -0.3 is 25.3 Å². The minimum atomic E-state index is -2.55. The topological polar surface area (TPSA) is 105 Å². The van der Waals surface area contributed by atoms with Gasteiger partial charge in [-0.2, -0.15) is 4.98 Å². The van der Waals surface area contributed by atoms with Gasteiger partial charge in [-0.3, -0.25) is 4.79 Å². The first-order valence-electron chi connectivity index (χ1n) is 9.46. The number of carbonyl (C=O) groups excluding carboxylic acids is 1. The number of amides is 1. The SMILES string of the molecule is COc1ccc(NC(=O)CF)cc1Nc1ncc(Cl)c(Nc2ccccc2P(C)(C)=O)n1. The van der Waals surface area contributed by atoms with Gasteiger partial charge in [0.25, 0.3) is 5.91 Å². The van der Waals surface area contributed by atoms with Gasteiger partial charge in [-0.1, -0.05) is 23.7 Å². The lowest BCUT2D eigenvalue weighted by molar-refractivity contribution is -0.117. The Hall–Kier alpha value is -3.16. The molecule has 0 aliphatic heterocycles. The number of nitrogens with zero attached hydrogens (tertiary/aromatic N) is 2. The van der Waals surface area contributed by atoms with Gasteiger partial charge in [0, 0.05) is 11.0 Å². The molecule has 168 valence electrons. The molecule has 0 fully saturated rings. The van der Waals surface area contributed by atoms with Gasteiger partial charge in [0.2, 0.25) is 5.95 Å². The highest BCUT2D eigenvalue weighted by atomic mass is 35.5. The minimum absolute atomic E-state index is 0.192. The summed E-state index contributed by atoms with van der Waals surface area (Å²) in [7, 11) is -1.06. The molecule has 3 rings (SSSR count). The van der Waals surface area contributed by atoms with Crippen molar-refractivity contribution in [1.29, 1.82) is 0 Å². The highest BCUT2D eigenvalue weighted by molar-refractivity contribution is 7.70. The number of benzene rings is 2. The molecule has 2 aromatic carbocycles. The summed E-state index contributed by atoms with van der Waals surface area (Å²) >= 11 is 6.28. The van der Waals surface area contributed by atoms with Crippen molar-refractivity contribution in [2.24, 2.45) is 0 Å². The van der Waals surface area contributed by atoms with Crippen LogP contribution in [0.15, 0.2) is 48.7 Å². The Morgan fingerprint density at radius 3 is 2.59 bits per heavy atom. The lowest BCUT2D eigenvalue weighted by Crippen LogP contribution is -2.13. The first-order valence-corrected chi connectivity index (χ1v) is 12.4. The Labute approximate surface area is 189 Å². The van der Waals surface area contributed by atoms with Crippen LogP contribution in [0.25, 0.3) is 0 Å². The Balaban J connectivity index is 1.91. The number of halogens is 2. The summed E-state index contributed by atoms with van der Waals surface area (Å²) in [4.78, 5) is 19.9. The molecule has 3 N–H and O–H groups in total. The summed E-state index contributed by atoms with van der Waals surface area (Å²) in [5.41, 5.74) is 1.45. The molecular formula is C21H22ClFN5O3P. The minimum Gasteiger partial charge on any atom is -0.495 e. The fourth-order valence-electron chi connectivity index (χ4n) is 2.89. The highest BCUT2D eigenvalue weighted by Crippen LogP contribution is 2.38. The van der Waals surface area contributed by atoms with Crippen LogP contribution in [-0.2, 0) is 9.36 Å². The maximum Gasteiger partial charge on any atom is 0.255 e. The zero-order valence-corrected chi connectivity index (χ0v) is 19.3. The van der Waals surface area contributed by atoms with Gasteiger partial charge in [-0.15, -0.1) is 0 Å². The Bertz CT molecular complexity index is 1190. The first-order chi connectivity index (χ1) is 15.2. The maximum absolute atomic E-state index is 12.6. The highest BCUT2D eigenvalue weighted by Gasteiger charge is 2.17. The maximum atomic E-state index is 12.6. The van der Waals surface area contributed by atoms with E-state index in [1.807, 2.05) is 12.1 Å². The van der Waals surface area contributed by atoms with Crippen molar-refractivity contribution in [1.82, 2.24) is 9.97 Å². The van der Waals surface area contributed by atoms with E-state index in [4.69, 9.17) is 16.3 Å². The molecule has 8 nitrogen and oxygen atoms in total. The van der Waals surface area contributed by atoms with Crippen molar-refractivity contribution < 1.29 is 18.5 Å². The van der Waals surface area contributed by atoms with Crippen LogP contribution in [0.1, 0.15) is 0 Å². The third-order valence-electron chi connectivity index (χ3n) is 4.33. The van der Waals surface area contributed by atoms with Gasteiger partial charge >= 0.3 is 0 Å². The molecule has 1 aromatic heterocycles. The van der Waals surface area contributed by atoms with E-state index in [1.165, 1.54) is 13.3 Å². The molecule has 32 heavy (non-hydrogen) atoms. The molecule has 0 spiro atoms. The molecule has 11 heteroatoms. The summed E-state index contributed by atoms with van der Waals surface area (Å²) in [6.07, 6.45) is 1.42. The molecule has 0 bridgehead atoms. The lowest BCUT2D eigenvalue weighted by atomic mass is 10.2. The number of alkyl halides is 1. The van der Waals surface area contributed by atoms with E-state index < -0.39 is 19.7 Å². The second-order valence-electron chi connectivity index (χ2n) is 7.11. The molecule has 0 aliphatic rings. The van der Waals surface area contributed by atoms with Crippen molar-refractivity contribution in [3.63, 3.8) is 0 Å². The number of anilines is 5. The second-order valence-corrected chi connectivity index (χ2v) is 10.7. The van der Waals surface area contributed by atoms with Crippen LogP contribution in [0.3, 0.4) is 0 Å². The van der Waals surface area contributed by atoms with Crippen LogP contribution in [-0.4, -0.2) is 43.0 Å². The van der Waals surface area contributed by atoms with Crippen molar-refractivity contribution in [3.05, 3.63) is 53.7 Å². The summed E-state index contributed by atoms with van der Waals surface area (Å²) < 4.78 is 30.5. The molecule has 0 atom stereocenters. The van der Waals surface area contributed by atoms with E-state index >= 15 is 0 Å². The molecule has 0 saturated heterocycles. The molecule has 0 unspecified atom stereocenters. The molecule has 3 aromatic rings. The van der Waals surface area contributed by atoms with Crippen molar-refractivity contribution in [2.75, 3.05) is 43.1 Å².